The van der Waals surface area contributed by atoms with Crippen LogP contribution in [0.5, 0.6) is 0 Å². The predicted octanol–water partition coefficient (Wildman–Crippen LogP) is 1.58. The summed E-state index contributed by atoms with van der Waals surface area (Å²) in [5, 5.41) is 3.66. The minimum Gasteiger partial charge on any atom is -0.314 e. The fraction of sp³-hybridized carbons (Fsp3) is 1.00. The van der Waals surface area contributed by atoms with Crippen LogP contribution in [0.15, 0.2) is 0 Å². The normalized spacial score (nSPS) is 20.1. The second kappa shape index (κ2) is 9.09. The van der Waals surface area contributed by atoms with Crippen LogP contribution in [-0.2, 0) is 0 Å². The monoisotopic (exact) mass is 298 g/mol. The third-order valence-electron chi connectivity index (χ3n) is 4.83. The van der Waals surface area contributed by atoms with E-state index >= 15 is 0 Å². The van der Waals surface area contributed by atoms with Gasteiger partial charge in [0.1, 0.15) is 0 Å². The molecule has 0 aromatic heterocycles. The largest absolute Gasteiger partial charge is 0.314 e. The van der Waals surface area contributed by atoms with Crippen molar-refractivity contribution in [3.63, 3.8) is 0 Å². The highest BCUT2D eigenvalue weighted by Gasteiger charge is 2.29. The topological polar surface area (TPSA) is 21.8 Å². The molecule has 1 N–H and O–H groups in total. The number of nitrogens with zero attached hydrogens (tertiary/aromatic N) is 3. The molecule has 1 saturated heterocycles. The van der Waals surface area contributed by atoms with Gasteiger partial charge in [-0.15, -0.1) is 0 Å². The van der Waals surface area contributed by atoms with Crippen molar-refractivity contribution in [2.45, 2.75) is 40.2 Å². The zero-order chi connectivity index (χ0) is 15.9. The minimum atomic E-state index is 0.334. The summed E-state index contributed by atoms with van der Waals surface area (Å²) in [6.45, 7) is 19.0. The molecule has 126 valence electrons. The molecule has 1 fully saturated rings. The fourth-order valence-corrected chi connectivity index (χ4v) is 2.86. The van der Waals surface area contributed by atoms with Gasteiger partial charge in [0.2, 0.25) is 0 Å². The highest BCUT2D eigenvalue weighted by Crippen LogP contribution is 2.22. The lowest BCUT2D eigenvalue weighted by Crippen LogP contribution is -2.53. The van der Waals surface area contributed by atoms with Gasteiger partial charge in [-0.3, -0.25) is 4.90 Å². The van der Waals surface area contributed by atoms with Gasteiger partial charge in [0.15, 0.2) is 0 Å². The van der Waals surface area contributed by atoms with E-state index in [9.17, 15) is 0 Å². The summed E-state index contributed by atoms with van der Waals surface area (Å²) >= 11 is 0. The average Bonchev–Trinajstić information content (AvgIpc) is 2.43. The van der Waals surface area contributed by atoms with E-state index in [0.29, 0.717) is 11.5 Å². The Kier molecular flexibility index (Phi) is 8.17. The zero-order valence-electron chi connectivity index (χ0n) is 15.3. The first-order valence-corrected chi connectivity index (χ1v) is 8.68. The molecule has 4 nitrogen and oxygen atoms in total. The first-order valence-electron chi connectivity index (χ1n) is 8.68. The van der Waals surface area contributed by atoms with Gasteiger partial charge in [-0.25, -0.2) is 0 Å². The van der Waals surface area contributed by atoms with Crippen molar-refractivity contribution in [1.82, 2.24) is 20.0 Å². The maximum atomic E-state index is 3.66. The molecule has 0 bridgehead atoms. The van der Waals surface area contributed by atoms with Gasteiger partial charge in [-0.2, -0.15) is 0 Å². The van der Waals surface area contributed by atoms with Crippen LogP contribution in [-0.4, -0.2) is 87.2 Å². The van der Waals surface area contributed by atoms with E-state index in [1.54, 1.807) is 0 Å². The maximum absolute atomic E-state index is 3.66. The first-order chi connectivity index (χ1) is 9.85. The molecule has 1 heterocycles. The molecule has 4 heteroatoms. The van der Waals surface area contributed by atoms with E-state index < -0.39 is 0 Å². The number of hydrogen-bond acceptors (Lipinski definition) is 4. The summed E-state index contributed by atoms with van der Waals surface area (Å²) in [4.78, 5) is 7.52. The predicted molar refractivity (Wildman–Crippen MR) is 93.0 cm³/mol. The van der Waals surface area contributed by atoms with Gasteiger partial charge in [-0.1, -0.05) is 20.8 Å². The summed E-state index contributed by atoms with van der Waals surface area (Å²) in [5.41, 5.74) is 0.334. The minimum absolute atomic E-state index is 0.334. The van der Waals surface area contributed by atoms with Gasteiger partial charge < -0.3 is 15.1 Å². The molecule has 0 saturated carbocycles. The molecular formula is C17H38N4. The van der Waals surface area contributed by atoms with Crippen molar-refractivity contribution in [2.24, 2.45) is 5.41 Å². The number of rotatable bonds is 9. The summed E-state index contributed by atoms with van der Waals surface area (Å²) in [6.07, 6.45) is 1.21. The zero-order valence-corrected chi connectivity index (χ0v) is 15.3. The number of piperazine rings is 1. The molecule has 1 atom stereocenters. The Morgan fingerprint density at radius 3 is 2.19 bits per heavy atom. The third kappa shape index (κ3) is 7.09. The van der Waals surface area contributed by atoms with E-state index in [1.165, 1.54) is 52.2 Å². The lowest BCUT2D eigenvalue weighted by Gasteiger charge is -2.41. The van der Waals surface area contributed by atoms with Crippen LogP contribution in [0.2, 0.25) is 0 Å². The molecule has 0 amide bonds. The molecule has 0 spiro atoms. The van der Waals surface area contributed by atoms with Crippen LogP contribution in [0.4, 0.5) is 0 Å². The Bertz CT molecular complexity index is 270. The number of hydrogen-bond donors (Lipinski definition) is 1. The Labute approximate surface area is 132 Å². The van der Waals surface area contributed by atoms with Crippen molar-refractivity contribution < 1.29 is 0 Å². The smallest absolute Gasteiger partial charge is 0.0110 e. The molecule has 0 radical (unpaired) electrons. The maximum Gasteiger partial charge on any atom is 0.0110 e. The molecule has 1 unspecified atom stereocenters. The quantitative estimate of drug-likeness (QED) is 0.697. The second-order valence-corrected chi connectivity index (χ2v) is 7.59. The Morgan fingerprint density at radius 1 is 1.10 bits per heavy atom. The SMILES string of the molecule is CCCNC(C)C(C)(C)CN1CCN(CCN(C)C)CC1. The Morgan fingerprint density at radius 2 is 1.67 bits per heavy atom. The molecule has 0 aromatic rings. The summed E-state index contributed by atoms with van der Waals surface area (Å²) in [6, 6.07) is 0.573. The molecule has 21 heavy (non-hydrogen) atoms. The van der Waals surface area contributed by atoms with Gasteiger partial charge >= 0.3 is 0 Å². The van der Waals surface area contributed by atoms with Crippen molar-refractivity contribution in [2.75, 3.05) is 66.5 Å². The Hall–Kier alpha value is -0.160. The van der Waals surface area contributed by atoms with Gasteiger partial charge in [-0.05, 0) is 39.4 Å². The van der Waals surface area contributed by atoms with E-state index in [-0.39, 0.29) is 0 Å². The Balaban J connectivity index is 2.30. The van der Waals surface area contributed by atoms with Crippen LogP contribution in [0.1, 0.15) is 34.1 Å². The molecule has 1 rings (SSSR count). The number of likely N-dealkylation sites (N-methyl/N-ethyl adjacent to an activating group) is 1. The van der Waals surface area contributed by atoms with E-state index in [4.69, 9.17) is 0 Å². The van der Waals surface area contributed by atoms with Crippen LogP contribution in [0.25, 0.3) is 0 Å². The fourth-order valence-electron chi connectivity index (χ4n) is 2.86. The summed E-state index contributed by atoms with van der Waals surface area (Å²) in [7, 11) is 4.31. The number of nitrogens with one attached hydrogen (secondary N) is 1. The van der Waals surface area contributed by atoms with E-state index in [1.807, 2.05) is 0 Å². The third-order valence-corrected chi connectivity index (χ3v) is 4.83. The van der Waals surface area contributed by atoms with Gasteiger partial charge in [0, 0.05) is 51.9 Å². The highest BCUT2D eigenvalue weighted by atomic mass is 15.3. The van der Waals surface area contributed by atoms with Crippen molar-refractivity contribution >= 4 is 0 Å². The van der Waals surface area contributed by atoms with Crippen LogP contribution < -0.4 is 5.32 Å². The summed E-state index contributed by atoms with van der Waals surface area (Å²) < 4.78 is 0. The van der Waals surface area contributed by atoms with Crippen LogP contribution in [0.3, 0.4) is 0 Å². The highest BCUT2D eigenvalue weighted by molar-refractivity contribution is 4.85. The summed E-state index contributed by atoms with van der Waals surface area (Å²) in [5.74, 6) is 0. The van der Waals surface area contributed by atoms with Crippen molar-refractivity contribution in [3.05, 3.63) is 0 Å². The molecule has 1 aliphatic heterocycles. The van der Waals surface area contributed by atoms with Crippen molar-refractivity contribution in [3.8, 4) is 0 Å². The lowest BCUT2D eigenvalue weighted by molar-refractivity contribution is 0.0802. The van der Waals surface area contributed by atoms with E-state index in [2.05, 4.69) is 61.8 Å². The second-order valence-electron chi connectivity index (χ2n) is 7.59. The standard InChI is InChI=1S/C17H38N4/c1-7-8-18-16(2)17(3,4)15-21-13-11-20(12-14-21)10-9-19(5)6/h16,18H,7-15H2,1-6H3. The van der Waals surface area contributed by atoms with Gasteiger partial charge in [0.25, 0.3) is 0 Å². The van der Waals surface area contributed by atoms with E-state index in [0.717, 1.165) is 6.54 Å². The molecular weight excluding hydrogens is 260 g/mol. The average molecular weight is 299 g/mol. The molecule has 1 aliphatic rings. The molecule has 0 aromatic carbocycles. The first kappa shape index (κ1) is 18.9. The van der Waals surface area contributed by atoms with Gasteiger partial charge in [0.05, 0.1) is 0 Å². The lowest BCUT2D eigenvalue weighted by atomic mass is 9.84. The molecule has 0 aliphatic carbocycles. The van der Waals surface area contributed by atoms with Crippen LogP contribution in [0, 0.1) is 5.41 Å². The van der Waals surface area contributed by atoms with Crippen LogP contribution >= 0.6 is 0 Å². The van der Waals surface area contributed by atoms with Crippen molar-refractivity contribution in [1.29, 1.82) is 0 Å².